The zero-order valence-corrected chi connectivity index (χ0v) is 7.56. The lowest BCUT2D eigenvalue weighted by molar-refractivity contribution is -0.120. The lowest BCUT2D eigenvalue weighted by Gasteiger charge is -2.08. The number of nitrogens with zero attached hydrogens (tertiary/aromatic N) is 2. The van der Waals surface area contributed by atoms with Gasteiger partial charge in [-0.1, -0.05) is 0 Å². The fraction of sp³-hybridized carbons (Fsp3) is 0.222. The molecule has 1 aliphatic rings. The monoisotopic (exact) mass is 192 g/mol. The minimum absolute atomic E-state index is 0.0926. The van der Waals surface area contributed by atoms with Crippen LogP contribution in [0.5, 0.6) is 5.75 Å². The molecule has 1 aromatic heterocycles. The van der Waals surface area contributed by atoms with Crippen LogP contribution in [0.25, 0.3) is 0 Å². The van der Waals surface area contributed by atoms with Crippen LogP contribution in [0.2, 0.25) is 0 Å². The van der Waals surface area contributed by atoms with E-state index in [0.717, 1.165) is 5.69 Å². The smallest absolute Gasteiger partial charge is 0.298 e. The van der Waals surface area contributed by atoms with Crippen molar-refractivity contribution in [2.75, 3.05) is 0 Å². The molecule has 2 rings (SSSR count). The summed E-state index contributed by atoms with van der Waals surface area (Å²) >= 11 is 0. The Morgan fingerprint density at radius 2 is 2.43 bits per heavy atom. The molecule has 5 heteroatoms. The molecule has 0 atom stereocenters. The number of carbonyl (C=O) groups is 2. The molecule has 0 saturated carbocycles. The van der Waals surface area contributed by atoms with E-state index in [2.05, 4.69) is 5.10 Å². The molecule has 0 aromatic carbocycles. The van der Waals surface area contributed by atoms with Crippen molar-refractivity contribution in [1.82, 2.24) is 4.68 Å². The number of carbonyl (C=O) groups excluding carboxylic acids is 2. The Kier molecular flexibility index (Phi) is 1.92. The van der Waals surface area contributed by atoms with Crippen molar-refractivity contribution in [1.29, 1.82) is 0 Å². The molecule has 0 unspecified atom stereocenters. The van der Waals surface area contributed by atoms with Crippen molar-refractivity contribution in [3.8, 4) is 5.75 Å². The summed E-state index contributed by atoms with van der Waals surface area (Å²) < 4.78 is 6.18. The Labute approximate surface area is 80.0 Å². The minimum Gasteiger partial charge on any atom is -0.426 e. The van der Waals surface area contributed by atoms with Crippen molar-refractivity contribution in [3.05, 3.63) is 17.5 Å². The lowest BCUT2D eigenvalue weighted by atomic mass is 10.2. The predicted octanol–water partition coefficient (Wildman–Crippen LogP) is 0.752. The maximum Gasteiger partial charge on any atom is 0.298 e. The van der Waals surface area contributed by atoms with Crippen LogP contribution in [0.1, 0.15) is 22.6 Å². The molecule has 1 aliphatic heterocycles. The van der Waals surface area contributed by atoms with Crippen LogP contribution in [-0.4, -0.2) is 23.1 Å². The summed E-state index contributed by atoms with van der Waals surface area (Å²) in [4.78, 5) is 21.7. The highest BCUT2D eigenvalue weighted by Gasteiger charge is 2.22. The molecule has 0 fully saturated rings. The molecular formula is C9H8N2O3. The van der Waals surface area contributed by atoms with Crippen molar-refractivity contribution < 1.29 is 14.3 Å². The van der Waals surface area contributed by atoms with E-state index >= 15 is 0 Å². The molecule has 0 amide bonds. The van der Waals surface area contributed by atoms with E-state index in [4.69, 9.17) is 4.74 Å². The van der Waals surface area contributed by atoms with E-state index in [0.29, 0.717) is 12.2 Å². The van der Waals surface area contributed by atoms with Crippen molar-refractivity contribution >= 4 is 18.5 Å². The van der Waals surface area contributed by atoms with Gasteiger partial charge in [0.05, 0.1) is 0 Å². The number of fused-ring (bicyclic) bond motifs is 1. The van der Waals surface area contributed by atoms with Crippen LogP contribution in [0.4, 0.5) is 0 Å². The minimum atomic E-state index is -0.0926. The van der Waals surface area contributed by atoms with Gasteiger partial charge in [0.15, 0.2) is 17.2 Å². The molecule has 0 N–H and O–H groups in total. The maximum absolute atomic E-state index is 11.5. The Hall–Kier alpha value is -1.91. The second-order valence-electron chi connectivity index (χ2n) is 2.95. The molecule has 14 heavy (non-hydrogen) atoms. The topological polar surface area (TPSA) is 60.7 Å². The molecule has 2 heterocycles. The van der Waals surface area contributed by atoms with Crippen molar-refractivity contribution in [2.45, 2.75) is 13.3 Å². The van der Waals surface area contributed by atoms with Crippen LogP contribution < -0.4 is 4.74 Å². The van der Waals surface area contributed by atoms with Gasteiger partial charge in [0.1, 0.15) is 0 Å². The number of ether oxygens (including phenoxy) is 1. The summed E-state index contributed by atoms with van der Waals surface area (Å²) in [5.41, 5.74) is 1.11. The predicted molar refractivity (Wildman–Crippen MR) is 48.7 cm³/mol. The van der Waals surface area contributed by atoms with Gasteiger partial charge in [-0.15, -0.1) is 0 Å². The van der Waals surface area contributed by atoms with E-state index in [1.807, 2.05) is 0 Å². The van der Waals surface area contributed by atoms with Gasteiger partial charge >= 0.3 is 0 Å². The highest BCUT2D eigenvalue weighted by molar-refractivity contribution is 6.06. The lowest BCUT2D eigenvalue weighted by Crippen LogP contribution is -2.13. The van der Waals surface area contributed by atoms with E-state index in [1.54, 1.807) is 13.0 Å². The van der Waals surface area contributed by atoms with E-state index in [9.17, 15) is 9.59 Å². The van der Waals surface area contributed by atoms with E-state index in [1.165, 1.54) is 10.9 Å². The molecule has 0 radical (unpaired) electrons. The average Bonchev–Trinajstić information content (AvgIpc) is 2.46. The quantitative estimate of drug-likeness (QED) is 0.649. The van der Waals surface area contributed by atoms with Gasteiger partial charge in [0, 0.05) is 24.4 Å². The third-order valence-corrected chi connectivity index (χ3v) is 2.03. The fourth-order valence-corrected chi connectivity index (χ4v) is 1.45. The number of Topliss-reactive ketones (excluding diaryl/α,β-unsaturated/α-hetero) is 1. The number of aromatic nitrogens is 1. The van der Waals surface area contributed by atoms with Gasteiger partial charge in [-0.3, -0.25) is 9.59 Å². The molecule has 1 aromatic rings. The van der Waals surface area contributed by atoms with Gasteiger partial charge in [-0.05, 0) is 6.92 Å². The first kappa shape index (κ1) is 8.68. The second kappa shape index (κ2) is 3.10. The van der Waals surface area contributed by atoms with Gasteiger partial charge in [-0.2, -0.15) is 5.10 Å². The zero-order chi connectivity index (χ0) is 10.1. The standard InChI is InChI=1S/C9H8N2O3/c1-6-4-8(14-5-12)9-7(13)2-3-10-11(6)9/h3-5H,2H2,1H3. The molecule has 0 bridgehead atoms. The van der Waals surface area contributed by atoms with Crippen LogP contribution in [0.15, 0.2) is 11.2 Å². The number of hydrogen-bond donors (Lipinski definition) is 0. The van der Waals surface area contributed by atoms with Crippen LogP contribution >= 0.6 is 0 Å². The molecule has 72 valence electrons. The van der Waals surface area contributed by atoms with E-state index in [-0.39, 0.29) is 18.0 Å². The largest absolute Gasteiger partial charge is 0.426 e. The van der Waals surface area contributed by atoms with Gasteiger partial charge in [-0.25, -0.2) is 4.68 Å². The van der Waals surface area contributed by atoms with Crippen LogP contribution in [-0.2, 0) is 4.79 Å². The van der Waals surface area contributed by atoms with Gasteiger partial charge in [0.2, 0.25) is 0 Å². The van der Waals surface area contributed by atoms with Gasteiger partial charge in [0.25, 0.3) is 6.47 Å². The Morgan fingerprint density at radius 1 is 1.64 bits per heavy atom. The molecule has 0 spiro atoms. The van der Waals surface area contributed by atoms with Gasteiger partial charge < -0.3 is 4.74 Å². The highest BCUT2D eigenvalue weighted by Crippen LogP contribution is 2.26. The third-order valence-electron chi connectivity index (χ3n) is 2.03. The summed E-state index contributed by atoms with van der Waals surface area (Å²) in [7, 11) is 0. The second-order valence-corrected chi connectivity index (χ2v) is 2.95. The summed E-state index contributed by atoms with van der Waals surface area (Å²) in [6.45, 7) is 2.10. The first-order valence-electron chi connectivity index (χ1n) is 4.12. The average molecular weight is 192 g/mol. The fourth-order valence-electron chi connectivity index (χ4n) is 1.45. The maximum atomic E-state index is 11.5. The summed E-state index contributed by atoms with van der Waals surface area (Å²) in [6, 6.07) is 1.62. The zero-order valence-electron chi connectivity index (χ0n) is 7.56. The number of ketones is 1. The Bertz CT molecular complexity index is 432. The SMILES string of the molecule is Cc1cc(OC=O)c2n1N=CCC2=O. The first-order valence-corrected chi connectivity index (χ1v) is 4.12. The summed E-state index contributed by atoms with van der Waals surface area (Å²) in [6.07, 6.45) is 1.78. The summed E-state index contributed by atoms with van der Waals surface area (Å²) in [5.74, 6) is 0.185. The van der Waals surface area contributed by atoms with E-state index < -0.39 is 0 Å². The molecule has 0 aliphatic carbocycles. The number of rotatable bonds is 2. The third kappa shape index (κ3) is 1.14. The molecule has 5 nitrogen and oxygen atoms in total. The highest BCUT2D eigenvalue weighted by atomic mass is 16.5. The number of hydrogen-bond acceptors (Lipinski definition) is 4. The van der Waals surface area contributed by atoms with Crippen molar-refractivity contribution in [3.63, 3.8) is 0 Å². The first-order chi connectivity index (χ1) is 6.74. The normalized spacial score (nSPS) is 13.9. The molecule has 0 saturated heterocycles. The van der Waals surface area contributed by atoms with Crippen molar-refractivity contribution in [2.24, 2.45) is 5.10 Å². The Morgan fingerprint density at radius 3 is 3.14 bits per heavy atom. The van der Waals surface area contributed by atoms with Crippen LogP contribution in [0.3, 0.4) is 0 Å². The summed E-state index contributed by atoms with van der Waals surface area (Å²) in [5, 5.41) is 4.02. The van der Waals surface area contributed by atoms with Crippen LogP contribution in [0, 0.1) is 6.92 Å². The molecular weight excluding hydrogens is 184 g/mol. The Balaban J connectivity index is 2.59. The number of aryl methyl sites for hydroxylation is 1.